The van der Waals surface area contributed by atoms with E-state index in [0.29, 0.717) is 18.8 Å². The van der Waals surface area contributed by atoms with Gasteiger partial charge in [0.25, 0.3) is 0 Å². The first-order chi connectivity index (χ1) is 7.67. The second-order valence-electron chi connectivity index (χ2n) is 3.80. The van der Waals surface area contributed by atoms with Gasteiger partial charge in [-0.15, -0.1) is 0 Å². The fraction of sp³-hybridized carbons (Fsp3) is 0.600. The van der Waals surface area contributed by atoms with Crippen LogP contribution in [0, 0.1) is 0 Å². The van der Waals surface area contributed by atoms with Crippen LogP contribution in [0.4, 0.5) is 11.6 Å². The van der Waals surface area contributed by atoms with Crippen molar-refractivity contribution in [1.82, 2.24) is 9.97 Å². The molecule has 5 N–H and O–H groups in total. The van der Waals surface area contributed by atoms with Gasteiger partial charge >= 0.3 is 0 Å². The summed E-state index contributed by atoms with van der Waals surface area (Å²) in [5.74, 6) is 7.63. The molecule has 0 bridgehead atoms. The molecule has 1 heterocycles. The van der Waals surface area contributed by atoms with Crippen LogP contribution in [-0.2, 0) is 0 Å². The number of nitrogens with zero attached hydrogens (tertiary/aromatic N) is 2. The molecule has 0 saturated heterocycles. The molecule has 1 aromatic heterocycles. The van der Waals surface area contributed by atoms with Crippen LogP contribution < -0.4 is 16.6 Å². The van der Waals surface area contributed by atoms with Crippen LogP contribution in [0.15, 0.2) is 6.07 Å². The summed E-state index contributed by atoms with van der Waals surface area (Å²) in [4.78, 5) is 8.60. The van der Waals surface area contributed by atoms with Crippen molar-refractivity contribution in [1.29, 1.82) is 0 Å². The lowest BCUT2D eigenvalue weighted by Crippen LogP contribution is -2.13. The van der Waals surface area contributed by atoms with Crippen molar-refractivity contribution < 1.29 is 5.11 Å². The Morgan fingerprint density at radius 1 is 1.38 bits per heavy atom. The summed E-state index contributed by atoms with van der Waals surface area (Å²) in [5.41, 5.74) is 2.51. The number of nitrogen functional groups attached to an aromatic ring is 1. The van der Waals surface area contributed by atoms with Gasteiger partial charge in [0.05, 0.1) is 0 Å². The number of nitrogens with two attached hydrogens (primary N) is 1. The second kappa shape index (κ2) is 6.24. The number of hydrogen-bond donors (Lipinski definition) is 4. The van der Waals surface area contributed by atoms with Gasteiger partial charge in [-0.1, -0.05) is 13.8 Å². The largest absolute Gasteiger partial charge is 0.396 e. The summed E-state index contributed by atoms with van der Waals surface area (Å²) in [6, 6.07) is 1.74. The van der Waals surface area contributed by atoms with E-state index < -0.39 is 0 Å². The number of aliphatic hydroxyl groups is 1. The average Bonchev–Trinajstić information content (AvgIpc) is 2.29. The summed E-state index contributed by atoms with van der Waals surface area (Å²) in [6.45, 7) is 4.88. The van der Waals surface area contributed by atoms with Gasteiger partial charge in [-0.2, -0.15) is 0 Å². The standard InChI is InChI=1S/C10H19N5O/c1-7(2)10-13-8(12-4-3-5-16)6-9(14-10)15-11/h6-7,16H,3-5,11H2,1-2H3,(H2,12,13,14,15). The van der Waals surface area contributed by atoms with Crippen LogP contribution in [0.1, 0.15) is 32.0 Å². The highest BCUT2D eigenvalue weighted by Crippen LogP contribution is 2.16. The highest BCUT2D eigenvalue weighted by Gasteiger charge is 2.06. The van der Waals surface area contributed by atoms with Crippen LogP contribution in [-0.4, -0.2) is 28.2 Å². The molecule has 0 unspecified atom stereocenters. The summed E-state index contributed by atoms with van der Waals surface area (Å²) in [7, 11) is 0. The summed E-state index contributed by atoms with van der Waals surface area (Å²) >= 11 is 0. The quantitative estimate of drug-likeness (QED) is 0.323. The Morgan fingerprint density at radius 2 is 2.06 bits per heavy atom. The molecule has 16 heavy (non-hydrogen) atoms. The molecule has 1 aromatic rings. The van der Waals surface area contributed by atoms with E-state index in [9.17, 15) is 0 Å². The van der Waals surface area contributed by atoms with Gasteiger partial charge < -0.3 is 15.8 Å². The minimum atomic E-state index is 0.164. The molecule has 0 atom stereocenters. The van der Waals surface area contributed by atoms with Crippen molar-refractivity contribution in [2.75, 3.05) is 23.9 Å². The zero-order valence-electron chi connectivity index (χ0n) is 9.70. The zero-order valence-corrected chi connectivity index (χ0v) is 9.70. The smallest absolute Gasteiger partial charge is 0.145 e. The summed E-state index contributed by atoms with van der Waals surface area (Å²) in [5, 5.41) is 11.8. The third-order valence-electron chi connectivity index (χ3n) is 2.05. The molecule has 6 nitrogen and oxygen atoms in total. The van der Waals surface area contributed by atoms with Gasteiger partial charge in [0.2, 0.25) is 0 Å². The number of nitrogens with one attached hydrogen (secondary N) is 2. The van der Waals surface area contributed by atoms with E-state index in [1.54, 1.807) is 6.07 Å². The fourth-order valence-electron chi connectivity index (χ4n) is 1.18. The summed E-state index contributed by atoms with van der Waals surface area (Å²) < 4.78 is 0. The van der Waals surface area contributed by atoms with Crippen molar-refractivity contribution in [3.63, 3.8) is 0 Å². The van der Waals surface area contributed by atoms with Crippen molar-refractivity contribution in [2.24, 2.45) is 5.84 Å². The van der Waals surface area contributed by atoms with Gasteiger partial charge in [0, 0.05) is 25.1 Å². The van der Waals surface area contributed by atoms with E-state index >= 15 is 0 Å². The molecule has 0 saturated carbocycles. The van der Waals surface area contributed by atoms with Crippen LogP contribution in [0.5, 0.6) is 0 Å². The van der Waals surface area contributed by atoms with Crippen molar-refractivity contribution in [2.45, 2.75) is 26.2 Å². The van der Waals surface area contributed by atoms with Crippen LogP contribution in [0.3, 0.4) is 0 Å². The normalized spacial score (nSPS) is 10.6. The molecule has 0 aliphatic carbocycles. The van der Waals surface area contributed by atoms with E-state index in [0.717, 1.165) is 11.6 Å². The Labute approximate surface area is 95.3 Å². The topological polar surface area (TPSA) is 96.1 Å². The van der Waals surface area contributed by atoms with E-state index in [1.165, 1.54) is 0 Å². The van der Waals surface area contributed by atoms with Crippen molar-refractivity contribution >= 4 is 11.6 Å². The lowest BCUT2D eigenvalue weighted by Gasteiger charge is -2.10. The van der Waals surface area contributed by atoms with E-state index in [2.05, 4.69) is 20.7 Å². The molecule has 0 spiro atoms. The molecule has 90 valence electrons. The monoisotopic (exact) mass is 225 g/mol. The Bertz CT molecular complexity index is 329. The lowest BCUT2D eigenvalue weighted by atomic mass is 10.2. The maximum atomic E-state index is 8.68. The Kier molecular flexibility index (Phi) is 4.94. The molecule has 0 radical (unpaired) electrons. The Balaban J connectivity index is 2.78. The first-order valence-electron chi connectivity index (χ1n) is 5.37. The molecule has 0 aliphatic rings. The van der Waals surface area contributed by atoms with E-state index in [4.69, 9.17) is 10.9 Å². The maximum Gasteiger partial charge on any atom is 0.145 e. The zero-order chi connectivity index (χ0) is 12.0. The molecular weight excluding hydrogens is 206 g/mol. The van der Waals surface area contributed by atoms with Crippen LogP contribution >= 0.6 is 0 Å². The van der Waals surface area contributed by atoms with Gasteiger partial charge in [-0.25, -0.2) is 15.8 Å². The maximum absolute atomic E-state index is 8.68. The highest BCUT2D eigenvalue weighted by molar-refractivity contribution is 5.47. The number of rotatable bonds is 6. The molecule has 0 amide bonds. The van der Waals surface area contributed by atoms with Gasteiger partial charge in [0.1, 0.15) is 17.5 Å². The SMILES string of the molecule is CC(C)c1nc(NN)cc(NCCCO)n1. The predicted molar refractivity (Wildman–Crippen MR) is 64.1 cm³/mol. The molecule has 0 aromatic carbocycles. The molecule has 1 rings (SSSR count). The highest BCUT2D eigenvalue weighted by atomic mass is 16.3. The second-order valence-corrected chi connectivity index (χ2v) is 3.80. The minimum Gasteiger partial charge on any atom is -0.396 e. The Hall–Kier alpha value is -1.40. The molecule has 0 aliphatic heterocycles. The number of aliphatic hydroxyl groups excluding tert-OH is 1. The molecule has 6 heteroatoms. The molecular formula is C10H19N5O. The average molecular weight is 225 g/mol. The first kappa shape index (κ1) is 12.7. The van der Waals surface area contributed by atoms with Crippen LogP contribution in [0.2, 0.25) is 0 Å². The minimum absolute atomic E-state index is 0.164. The third-order valence-corrected chi connectivity index (χ3v) is 2.05. The summed E-state index contributed by atoms with van der Waals surface area (Å²) in [6.07, 6.45) is 0.687. The number of hydrazine groups is 1. The van der Waals surface area contributed by atoms with Gasteiger partial charge in [-0.05, 0) is 6.42 Å². The third kappa shape index (κ3) is 3.63. The number of hydrogen-bond acceptors (Lipinski definition) is 6. The van der Waals surface area contributed by atoms with E-state index in [-0.39, 0.29) is 12.5 Å². The van der Waals surface area contributed by atoms with Gasteiger partial charge in [0.15, 0.2) is 0 Å². The predicted octanol–water partition coefficient (Wildman–Crippen LogP) is 0.680. The number of aromatic nitrogens is 2. The first-order valence-corrected chi connectivity index (χ1v) is 5.37. The van der Waals surface area contributed by atoms with Crippen molar-refractivity contribution in [3.8, 4) is 0 Å². The fourth-order valence-corrected chi connectivity index (χ4v) is 1.18. The lowest BCUT2D eigenvalue weighted by molar-refractivity contribution is 0.292. The molecule has 0 fully saturated rings. The van der Waals surface area contributed by atoms with Crippen molar-refractivity contribution in [3.05, 3.63) is 11.9 Å². The number of anilines is 2. The van der Waals surface area contributed by atoms with Gasteiger partial charge in [-0.3, -0.25) is 0 Å². The van der Waals surface area contributed by atoms with E-state index in [1.807, 2.05) is 13.8 Å². The van der Waals surface area contributed by atoms with Crippen LogP contribution in [0.25, 0.3) is 0 Å². The Morgan fingerprint density at radius 3 is 2.62 bits per heavy atom.